The molecule has 0 rings (SSSR count). The lowest BCUT2D eigenvalue weighted by molar-refractivity contribution is -0.137. The van der Waals surface area contributed by atoms with E-state index in [1.54, 1.807) is 0 Å². The Bertz CT molecular complexity index is 311. The van der Waals surface area contributed by atoms with Gasteiger partial charge in [-0.1, -0.05) is 0 Å². The van der Waals surface area contributed by atoms with E-state index in [2.05, 4.69) is 10.3 Å². The average Bonchev–Trinajstić information content (AvgIpc) is 1.99. The minimum atomic E-state index is -1.08. The van der Waals surface area contributed by atoms with Crippen molar-refractivity contribution in [3.05, 3.63) is 0 Å². The van der Waals surface area contributed by atoms with Crippen LogP contribution in [0.25, 0.3) is 0 Å². The van der Waals surface area contributed by atoms with Crippen LogP contribution < -0.4 is 5.32 Å². The van der Waals surface area contributed by atoms with Gasteiger partial charge < -0.3 is 10.0 Å². The molecule has 0 saturated carbocycles. The van der Waals surface area contributed by atoms with Crippen LogP contribution in [0.4, 0.5) is 0 Å². The third kappa shape index (κ3) is 6.19. The van der Waals surface area contributed by atoms with Crippen molar-refractivity contribution in [2.75, 3.05) is 13.6 Å². The summed E-state index contributed by atoms with van der Waals surface area (Å²) in [6.07, 6.45) is 0. The topological polar surface area (TPSA) is 99.1 Å². The van der Waals surface area contributed by atoms with Crippen molar-refractivity contribution in [3.8, 4) is 0 Å². The van der Waals surface area contributed by atoms with Gasteiger partial charge in [0.05, 0.1) is 0 Å². The van der Waals surface area contributed by atoms with Gasteiger partial charge >= 0.3 is 5.97 Å². The average molecular weight is 215 g/mol. The quantitative estimate of drug-likeness (QED) is 0.456. The lowest BCUT2D eigenvalue weighted by Gasteiger charge is -2.18. The molecule has 0 aliphatic heterocycles. The zero-order valence-corrected chi connectivity index (χ0v) is 8.77. The zero-order valence-electron chi connectivity index (χ0n) is 8.77. The van der Waals surface area contributed by atoms with E-state index in [0.717, 1.165) is 4.90 Å². The minimum absolute atomic E-state index is 0.0719. The lowest BCUT2D eigenvalue weighted by atomic mass is 10.5. The van der Waals surface area contributed by atoms with Gasteiger partial charge in [0.15, 0.2) is 0 Å². The molecule has 0 fully saturated rings. The molecule has 0 heterocycles. The molecule has 0 saturated heterocycles. The summed E-state index contributed by atoms with van der Waals surface area (Å²) in [4.78, 5) is 36.5. The van der Waals surface area contributed by atoms with Crippen LogP contribution in [0.2, 0.25) is 0 Å². The first kappa shape index (κ1) is 13.1. The highest BCUT2D eigenvalue weighted by molar-refractivity contribution is 6.01. The summed E-state index contributed by atoms with van der Waals surface area (Å²) in [6, 6.07) is 0. The van der Waals surface area contributed by atoms with Gasteiger partial charge in [0.1, 0.15) is 6.54 Å². The largest absolute Gasteiger partial charge is 0.480 e. The van der Waals surface area contributed by atoms with Crippen molar-refractivity contribution < 1.29 is 19.5 Å². The van der Waals surface area contributed by atoms with Crippen molar-refractivity contribution in [1.29, 1.82) is 0 Å². The highest BCUT2D eigenvalue weighted by atomic mass is 16.4. The van der Waals surface area contributed by atoms with E-state index in [1.807, 2.05) is 0 Å². The first-order valence-corrected chi connectivity index (χ1v) is 4.12. The molecule has 0 aliphatic carbocycles. The first-order valence-electron chi connectivity index (χ1n) is 4.12. The lowest BCUT2D eigenvalue weighted by Crippen LogP contribution is -2.43. The fourth-order valence-electron chi connectivity index (χ4n) is 0.793. The maximum Gasteiger partial charge on any atom is 0.323 e. The maximum atomic E-state index is 10.7. The van der Waals surface area contributed by atoms with Crippen molar-refractivity contribution in [2.24, 2.45) is 4.99 Å². The molecule has 0 aromatic rings. The Morgan fingerprint density at radius 1 is 1.33 bits per heavy atom. The fraction of sp³-hybridized carbons (Fsp3) is 0.500. The Balaban J connectivity index is 4.69. The maximum absolute atomic E-state index is 10.7. The SMILES string of the molecule is CC(=O)/N=C(/NC(C)=O)N(C)CC(=O)O. The highest BCUT2D eigenvalue weighted by Crippen LogP contribution is 1.87. The highest BCUT2D eigenvalue weighted by Gasteiger charge is 2.12. The van der Waals surface area contributed by atoms with Crippen LogP contribution in [0.3, 0.4) is 0 Å². The second-order valence-electron chi connectivity index (χ2n) is 2.89. The Kier molecular flexibility index (Phi) is 5.00. The fourth-order valence-corrected chi connectivity index (χ4v) is 0.793. The Morgan fingerprint density at radius 2 is 1.87 bits per heavy atom. The molecule has 84 valence electrons. The van der Waals surface area contributed by atoms with Crippen molar-refractivity contribution in [2.45, 2.75) is 13.8 Å². The molecule has 0 aromatic carbocycles. The molecule has 2 amide bonds. The molecule has 7 heteroatoms. The molecular weight excluding hydrogens is 202 g/mol. The molecule has 0 aromatic heterocycles. The van der Waals surface area contributed by atoms with E-state index >= 15 is 0 Å². The van der Waals surface area contributed by atoms with Crippen molar-refractivity contribution in [1.82, 2.24) is 10.2 Å². The van der Waals surface area contributed by atoms with Gasteiger partial charge in [0.2, 0.25) is 17.8 Å². The number of nitrogens with one attached hydrogen (secondary N) is 1. The van der Waals surface area contributed by atoms with E-state index < -0.39 is 17.8 Å². The Labute approximate surface area is 86.8 Å². The van der Waals surface area contributed by atoms with Crippen molar-refractivity contribution in [3.63, 3.8) is 0 Å². The standard InChI is InChI=1S/C8H13N3O4/c1-5(12)9-8(10-6(2)13)11(3)4-7(14)15/h4H2,1-3H3,(H,14,15)(H,9,10,12,13). The third-order valence-electron chi connectivity index (χ3n) is 1.29. The van der Waals surface area contributed by atoms with Crippen molar-refractivity contribution >= 4 is 23.7 Å². The van der Waals surface area contributed by atoms with E-state index in [0.29, 0.717) is 0 Å². The number of carbonyl (C=O) groups is 3. The minimum Gasteiger partial charge on any atom is -0.480 e. The molecule has 7 nitrogen and oxygen atoms in total. The summed E-state index contributed by atoms with van der Waals surface area (Å²) in [5, 5.41) is 10.8. The molecule has 0 bridgehead atoms. The number of guanidine groups is 1. The Morgan fingerprint density at radius 3 is 2.20 bits per heavy atom. The number of likely N-dealkylation sites (N-methyl/N-ethyl adjacent to an activating group) is 1. The number of rotatable bonds is 2. The van der Waals surface area contributed by atoms with Gasteiger partial charge in [-0.25, -0.2) is 0 Å². The third-order valence-corrected chi connectivity index (χ3v) is 1.29. The summed E-state index contributed by atoms with van der Waals surface area (Å²) >= 11 is 0. The van der Waals surface area contributed by atoms with Gasteiger partial charge in [-0.05, 0) is 0 Å². The number of hydrogen-bond donors (Lipinski definition) is 2. The molecule has 0 radical (unpaired) electrons. The van der Waals surface area contributed by atoms with E-state index in [-0.39, 0.29) is 12.5 Å². The van der Waals surface area contributed by atoms with E-state index in [1.165, 1.54) is 20.9 Å². The number of amides is 2. The number of nitrogens with zero attached hydrogens (tertiary/aromatic N) is 2. The number of carboxylic acids is 1. The molecule has 0 atom stereocenters. The van der Waals surface area contributed by atoms with E-state index in [4.69, 9.17) is 5.11 Å². The number of carbonyl (C=O) groups excluding carboxylic acids is 2. The molecule has 0 unspecified atom stereocenters. The van der Waals surface area contributed by atoms with Crippen LogP contribution in [0.5, 0.6) is 0 Å². The number of hydrogen-bond acceptors (Lipinski definition) is 3. The summed E-state index contributed by atoms with van der Waals surface area (Å²) in [7, 11) is 1.41. The Hall–Kier alpha value is -1.92. The molecule has 0 aliphatic rings. The summed E-state index contributed by atoms with van der Waals surface area (Å²) in [5.41, 5.74) is 0. The zero-order chi connectivity index (χ0) is 12.0. The molecule has 0 spiro atoms. The monoisotopic (exact) mass is 215 g/mol. The number of carboxylic acid groups (broad SMARTS) is 1. The summed E-state index contributed by atoms with van der Waals surface area (Å²) in [5.74, 6) is -2.10. The number of aliphatic carboxylic acids is 1. The second kappa shape index (κ2) is 5.74. The number of aliphatic imine (C=N–C) groups is 1. The van der Waals surface area contributed by atoms with E-state index in [9.17, 15) is 14.4 Å². The van der Waals surface area contributed by atoms with Gasteiger partial charge in [-0.3, -0.25) is 19.7 Å². The second-order valence-corrected chi connectivity index (χ2v) is 2.89. The normalized spacial score (nSPS) is 10.7. The van der Waals surface area contributed by atoms with Gasteiger partial charge in [-0.2, -0.15) is 4.99 Å². The van der Waals surface area contributed by atoms with Crippen LogP contribution in [0.15, 0.2) is 4.99 Å². The molecule has 15 heavy (non-hydrogen) atoms. The van der Waals surface area contributed by atoms with Gasteiger partial charge in [0, 0.05) is 20.9 Å². The van der Waals surface area contributed by atoms with Crippen LogP contribution in [0.1, 0.15) is 13.8 Å². The molecular formula is C8H13N3O4. The van der Waals surface area contributed by atoms with Crippen LogP contribution in [-0.2, 0) is 14.4 Å². The molecule has 2 N–H and O–H groups in total. The van der Waals surface area contributed by atoms with Crippen LogP contribution in [-0.4, -0.2) is 47.3 Å². The first-order chi connectivity index (χ1) is 6.82. The van der Waals surface area contributed by atoms with Crippen LogP contribution in [0, 0.1) is 0 Å². The summed E-state index contributed by atoms with van der Waals surface area (Å²) < 4.78 is 0. The smallest absolute Gasteiger partial charge is 0.323 e. The van der Waals surface area contributed by atoms with Gasteiger partial charge in [0.25, 0.3) is 0 Å². The predicted octanol–water partition coefficient (Wildman–Crippen LogP) is -0.959. The summed E-state index contributed by atoms with van der Waals surface area (Å²) in [6.45, 7) is 2.09. The predicted molar refractivity (Wildman–Crippen MR) is 52.2 cm³/mol. The van der Waals surface area contributed by atoms with Crippen LogP contribution >= 0.6 is 0 Å². The van der Waals surface area contributed by atoms with Gasteiger partial charge in [-0.15, -0.1) is 0 Å².